The van der Waals surface area contributed by atoms with Gasteiger partial charge in [0.05, 0.1) is 5.01 Å². The molecule has 0 saturated carbocycles. The standard InChI is InChI=1S/C6H9NOS.BrH/c1-5-4-9-6(7-5)2-3-8;/h4,8H,2-3H2,1H3;1H. The fraction of sp³-hybridized carbons (Fsp3) is 0.500. The number of halogens is 1. The molecule has 2 nitrogen and oxygen atoms in total. The molecule has 1 rings (SSSR count). The zero-order valence-corrected chi connectivity index (χ0v) is 8.23. The Balaban J connectivity index is 0.000000810. The summed E-state index contributed by atoms with van der Waals surface area (Å²) >= 11 is 1.60. The summed E-state index contributed by atoms with van der Waals surface area (Å²) in [6, 6.07) is 0. The fourth-order valence-corrected chi connectivity index (χ4v) is 1.38. The van der Waals surface area contributed by atoms with Gasteiger partial charge in [-0.05, 0) is 6.92 Å². The molecule has 0 amide bonds. The number of hydrogen-bond donors (Lipinski definition) is 1. The molecule has 0 aliphatic rings. The van der Waals surface area contributed by atoms with Gasteiger partial charge in [0.25, 0.3) is 0 Å². The van der Waals surface area contributed by atoms with Crippen LogP contribution in [0.2, 0.25) is 0 Å². The van der Waals surface area contributed by atoms with Crippen LogP contribution in [0.5, 0.6) is 0 Å². The predicted octanol–water partition coefficient (Wildman–Crippen LogP) is 1.56. The van der Waals surface area contributed by atoms with Gasteiger partial charge in [-0.25, -0.2) is 4.98 Å². The number of hydrogen-bond acceptors (Lipinski definition) is 3. The second-order valence-electron chi connectivity index (χ2n) is 1.86. The second-order valence-corrected chi connectivity index (χ2v) is 2.80. The molecule has 58 valence electrons. The summed E-state index contributed by atoms with van der Waals surface area (Å²) in [7, 11) is 0. The Morgan fingerprint density at radius 1 is 1.70 bits per heavy atom. The van der Waals surface area contributed by atoms with Crippen LogP contribution in [-0.2, 0) is 6.42 Å². The quantitative estimate of drug-likeness (QED) is 0.826. The monoisotopic (exact) mass is 223 g/mol. The molecule has 1 aromatic rings. The van der Waals surface area contributed by atoms with Crippen molar-refractivity contribution in [1.82, 2.24) is 4.98 Å². The number of rotatable bonds is 2. The molecule has 0 bridgehead atoms. The Labute approximate surface area is 74.7 Å². The molecule has 10 heavy (non-hydrogen) atoms. The zero-order chi connectivity index (χ0) is 6.69. The van der Waals surface area contributed by atoms with E-state index in [4.69, 9.17) is 5.11 Å². The Bertz CT molecular complexity index is 190. The number of nitrogens with zero attached hydrogens (tertiary/aromatic N) is 1. The van der Waals surface area contributed by atoms with Gasteiger partial charge < -0.3 is 5.11 Å². The lowest BCUT2D eigenvalue weighted by Gasteiger charge is -1.85. The summed E-state index contributed by atoms with van der Waals surface area (Å²) in [4.78, 5) is 4.16. The average Bonchev–Trinajstić information content (AvgIpc) is 2.17. The minimum atomic E-state index is 0. The maximum atomic E-state index is 8.50. The van der Waals surface area contributed by atoms with Crippen LogP contribution in [-0.4, -0.2) is 16.7 Å². The van der Waals surface area contributed by atoms with Gasteiger partial charge in [0, 0.05) is 24.1 Å². The molecule has 0 saturated heterocycles. The van der Waals surface area contributed by atoms with Gasteiger partial charge in [-0.2, -0.15) is 0 Å². The first-order valence-electron chi connectivity index (χ1n) is 2.85. The summed E-state index contributed by atoms with van der Waals surface area (Å²) in [5.74, 6) is 0. The minimum Gasteiger partial charge on any atom is -0.396 e. The summed E-state index contributed by atoms with van der Waals surface area (Å²) in [6.45, 7) is 2.16. The van der Waals surface area contributed by atoms with Gasteiger partial charge in [-0.15, -0.1) is 28.3 Å². The van der Waals surface area contributed by atoms with Gasteiger partial charge in [-0.3, -0.25) is 0 Å². The van der Waals surface area contributed by atoms with Crippen LogP contribution in [0.1, 0.15) is 10.7 Å². The molecule has 0 aromatic carbocycles. The van der Waals surface area contributed by atoms with Crippen molar-refractivity contribution in [2.75, 3.05) is 6.61 Å². The van der Waals surface area contributed by atoms with Crippen molar-refractivity contribution < 1.29 is 5.11 Å². The number of thiazole rings is 1. The Morgan fingerprint density at radius 2 is 2.40 bits per heavy atom. The number of aliphatic hydroxyl groups excluding tert-OH is 1. The number of aromatic nitrogens is 1. The molecular formula is C6H10BrNOS. The number of aliphatic hydroxyl groups is 1. The molecule has 0 aliphatic heterocycles. The first kappa shape index (κ1) is 10.1. The molecular weight excluding hydrogens is 214 g/mol. The largest absolute Gasteiger partial charge is 0.396 e. The molecule has 0 fully saturated rings. The van der Waals surface area contributed by atoms with Crippen molar-refractivity contribution in [2.45, 2.75) is 13.3 Å². The summed E-state index contributed by atoms with van der Waals surface area (Å²) in [5.41, 5.74) is 1.04. The van der Waals surface area contributed by atoms with Crippen molar-refractivity contribution in [3.05, 3.63) is 16.1 Å². The van der Waals surface area contributed by atoms with Crippen LogP contribution in [0.4, 0.5) is 0 Å². The maximum Gasteiger partial charge on any atom is 0.0950 e. The van der Waals surface area contributed by atoms with Gasteiger partial charge in [0.1, 0.15) is 0 Å². The lowest BCUT2D eigenvalue weighted by atomic mass is 10.5. The third-order valence-corrected chi connectivity index (χ3v) is 2.02. The van der Waals surface area contributed by atoms with Crippen LogP contribution in [0.3, 0.4) is 0 Å². The zero-order valence-electron chi connectivity index (χ0n) is 5.70. The SMILES string of the molecule is Br.Cc1csc(CCO)n1. The van der Waals surface area contributed by atoms with Gasteiger partial charge in [-0.1, -0.05) is 0 Å². The minimum absolute atomic E-state index is 0. The highest BCUT2D eigenvalue weighted by Crippen LogP contribution is 2.07. The van der Waals surface area contributed by atoms with E-state index in [1.807, 2.05) is 12.3 Å². The highest BCUT2D eigenvalue weighted by atomic mass is 79.9. The molecule has 4 heteroatoms. The topological polar surface area (TPSA) is 33.1 Å². The van der Waals surface area contributed by atoms with E-state index in [1.165, 1.54) is 0 Å². The predicted molar refractivity (Wildman–Crippen MR) is 48.0 cm³/mol. The van der Waals surface area contributed by atoms with E-state index in [1.54, 1.807) is 11.3 Å². The van der Waals surface area contributed by atoms with Crippen molar-refractivity contribution in [3.63, 3.8) is 0 Å². The molecule has 1 aromatic heterocycles. The summed E-state index contributed by atoms with van der Waals surface area (Å²) < 4.78 is 0. The normalized spacial score (nSPS) is 9.00. The highest BCUT2D eigenvalue weighted by molar-refractivity contribution is 8.93. The first-order valence-corrected chi connectivity index (χ1v) is 3.73. The van der Waals surface area contributed by atoms with Crippen molar-refractivity contribution >= 4 is 28.3 Å². The molecule has 1 heterocycles. The second kappa shape index (κ2) is 4.82. The van der Waals surface area contributed by atoms with Crippen LogP contribution >= 0.6 is 28.3 Å². The van der Waals surface area contributed by atoms with Crippen LogP contribution in [0.15, 0.2) is 5.38 Å². The van der Waals surface area contributed by atoms with E-state index < -0.39 is 0 Å². The lowest BCUT2D eigenvalue weighted by Crippen LogP contribution is -1.88. The van der Waals surface area contributed by atoms with E-state index in [0.29, 0.717) is 6.42 Å². The van der Waals surface area contributed by atoms with Crippen molar-refractivity contribution in [2.24, 2.45) is 0 Å². The smallest absolute Gasteiger partial charge is 0.0950 e. The first-order chi connectivity index (χ1) is 4.33. The highest BCUT2D eigenvalue weighted by Gasteiger charge is 1.94. The molecule has 0 atom stereocenters. The summed E-state index contributed by atoms with van der Waals surface area (Å²) in [5, 5.41) is 11.5. The van der Waals surface area contributed by atoms with Crippen molar-refractivity contribution in [3.8, 4) is 0 Å². The van der Waals surface area contributed by atoms with Crippen LogP contribution < -0.4 is 0 Å². The van der Waals surface area contributed by atoms with Crippen LogP contribution in [0, 0.1) is 6.92 Å². The fourth-order valence-electron chi connectivity index (χ4n) is 0.613. The Morgan fingerprint density at radius 3 is 2.80 bits per heavy atom. The Hall–Kier alpha value is 0.0700. The number of aryl methyl sites for hydroxylation is 1. The molecule has 1 N–H and O–H groups in total. The van der Waals surface area contributed by atoms with E-state index in [9.17, 15) is 0 Å². The van der Waals surface area contributed by atoms with E-state index in [0.717, 1.165) is 10.7 Å². The van der Waals surface area contributed by atoms with Gasteiger partial charge >= 0.3 is 0 Å². The lowest BCUT2D eigenvalue weighted by molar-refractivity contribution is 0.299. The van der Waals surface area contributed by atoms with E-state index in [-0.39, 0.29) is 23.6 Å². The van der Waals surface area contributed by atoms with E-state index >= 15 is 0 Å². The summed E-state index contributed by atoms with van der Waals surface area (Å²) in [6.07, 6.45) is 0.693. The van der Waals surface area contributed by atoms with Gasteiger partial charge in [0.15, 0.2) is 0 Å². The molecule has 0 aliphatic carbocycles. The van der Waals surface area contributed by atoms with Gasteiger partial charge in [0.2, 0.25) is 0 Å². The third kappa shape index (κ3) is 2.77. The average molecular weight is 224 g/mol. The third-order valence-electron chi connectivity index (χ3n) is 0.992. The van der Waals surface area contributed by atoms with Crippen molar-refractivity contribution in [1.29, 1.82) is 0 Å². The maximum absolute atomic E-state index is 8.50. The van der Waals surface area contributed by atoms with Crippen LogP contribution in [0.25, 0.3) is 0 Å². The molecule has 0 radical (unpaired) electrons. The molecule has 0 unspecified atom stereocenters. The molecule has 0 spiro atoms. The van der Waals surface area contributed by atoms with E-state index in [2.05, 4.69) is 4.98 Å². The Kier molecular flexibility index (Phi) is 4.85.